The molecule has 0 aliphatic carbocycles. The highest BCUT2D eigenvalue weighted by molar-refractivity contribution is 7.84. The minimum Gasteiger partial charge on any atom is -0.331 e. The largest absolute Gasteiger partial charge is 0.331 e. The topological polar surface area (TPSA) is 63.1 Å². The van der Waals surface area contributed by atoms with E-state index >= 15 is 0 Å². The number of imidazole rings is 2. The second-order valence-electron chi connectivity index (χ2n) is 4.72. The van der Waals surface area contributed by atoms with Crippen LogP contribution in [0.5, 0.6) is 0 Å². The summed E-state index contributed by atoms with van der Waals surface area (Å²) in [6.45, 7) is 0. The Morgan fingerprint density at radius 3 is 2.95 bits per heavy atom. The van der Waals surface area contributed by atoms with Gasteiger partial charge in [-0.3, -0.25) is 4.21 Å². The van der Waals surface area contributed by atoms with Crippen molar-refractivity contribution >= 4 is 27.5 Å². The lowest BCUT2D eigenvalue weighted by Gasteiger charge is -2.03. The molecule has 3 aromatic heterocycles. The van der Waals surface area contributed by atoms with Crippen LogP contribution in [0.2, 0.25) is 0 Å². The van der Waals surface area contributed by atoms with Crippen LogP contribution in [0.1, 0.15) is 5.69 Å². The maximum absolute atomic E-state index is 12.5. The fourth-order valence-corrected chi connectivity index (χ4v) is 3.43. The summed E-state index contributed by atoms with van der Waals surface area (Å²) < 4.78 is 14.5. The first kappa shape index (κ1) is 12.3. The molecular formula is C15H12N4OS. The van der Waals surface area contributed by atoms with Crippen LogP contribution in [-0.2, 0) is 16.6 Å². The summed E-state index contributed by atoms with van der Waals surface area (Å²) in [5.41, 5.74) is 3.54. The van der Waals surface area contributed by atoms with Crippen LogP contribution in [-0.4, -0.2) is 23.6 Å². The maximum Gasteiger partial charge on any atom is 0.197 e. The monoisotopic (exact) mass is 296 g/mol. The van der Waals surface area contributed by atoms with Crippen LogP contribution in [0.25, 0.3) is 16.7 Å². The summed E-state index contributed by atoms with van der Waals surface area (Å²) in [6.07, 6.45) is 3.61. The Hall–Kier alpha value is -2.47. The van der Waals surface area contributed by atoms with Gasteiger partial charge in [0, 0.05) is 18.1 Å². The van der Waals surface area contributed by atoms with E-state index in [0.29, 0.717) is 10.9 Å². The number of hydrogen-bond donors (Lipinski definition) is 1. The van der Waals surface area contributed by atoms with Gasteiger partial charge in [0.05, 0.1) is 27.6 Å². The number of benzene rings is 1. The van der Waals surface area contributed by atoms with Crippen molar-refractivity contribution in [3.63, 3.8) is 0 Å². The van der Waals surface area contributed by atoms with Crippen molar-refractivity contribution < 1.29 is 4.21 Å². The fourth-order valence-electron chi connectivity index (χ4n) is 2.36. The molecule has 3 heterocycles. The molecule has 104 valence electrons. The zero-order chi connectivity index (χ0) is 14.2. The molecule has 0 saturated heterocycles. The molecule has 0 spiro atoms. The van der Waals surface area contributed by atoms with Crippen molar-refractivity contribution in [3.05, 3.63) is 60.6 Å². The molecule has 21 heavy (non-hydrogen) atoms. The predicted molar refractivity (Wildman–Crippen MR) is 81.4 cm³/mol. The minimum absolute atomic E-state index is 0.396. The molecule has 4 rings (SSSR count). The predicted octanol–water partition coefficient (Wildman–Crippen LogP) is 2.52. The van der Waals surface area contributed by atoms with Gasteiger partial charge in [-0.15, -0.1) is 0 Å². The molecule has 0 radical (unpaired) electrons. The van der Waals surface area contributed by atoms with Gasteiger partial charge in [-0.2, -0.15) is 0 Å². The van der Waals surface area contributed by atoms with Crippen molar-refractivity contribution in [1.82, 2.24) is 19.4 Å². The van der Waals surface area contributed by atoms with Gasteiger partial charge in [0.1, 0.15) is 5.65 Å². The van der Waals surface area contributed by atoms with E-state index in [1.54, 1.807) is 6.20 Å². The molecule has 1 atom stereocenters. The van der Waals surface area contributed by atoms with Crippen molar-refractivity contribution in [2.24, 2.45) is 0 Å². The Bertz CT molecular complexity index is 923. The standard InChI is InChI=1S/C15H12N4OS/c20-21(15-17-12-5-1-2-6-13(12)18-15)10-11-4-3-7-14-16-8-9-19(11)14/h1-9H,10H2,(H,17,18). The lowest BCUT2D eigenvalue weighted by atomic mass is 10.3. The second kappa shape index (κ2) is 4.82. The minimum atomic E-state index is -1.22. The van der Waals surface area contributed by atoms with Crippen LogP contribution >= 0.6 is 0 Å². The SMILES string of the molecule is O=S(Cc1cccc2nccn12)c1nc2ccccc2[nH]1. The summed E-state index contributed by atoms with van der Waals surface area (Å²) in [5.74, 6) is 0.396. The Balaban J connectivity index is 1.70. The first-order valence-electron chi connectivity index (χ1n) is 6.55. The highest BCUT2D eigenvalue weighted by Gasteiger charge is 2.12. The molecule has 1 unspecified atom stereocenters. The van der Waals surface area contributed by atoms with E-state index in [9.17, 15) is 4.21 Å². The molecule has 0 bridgehead atoms. The van der Waals surface area contributed by atoms with E-state index in [1.807, 2.05) is 53.1 Å². The molecule has 5 nitrogen and oxygen atoms in total. The Morgan fingerprint density at radius 1 is 1.14 bits per heavy atom. The quantitative estimate of drug-likeness (QED) is 0.632. The Labute approximate surface area is 123 Å². The van der Waals surface area contributed by atoms with E-state index in [-0.39, 0.29) is 0 Å². The average molecular weight is 296 g/mol. The van der Waals surface area contributed by atoms with Gasteiger partial charge in [0.15, 0.2) is 5.16 Å². The van der Waals surface area contributed by atoms with Crippen molar-refractivity contribution in [3.8, 4) is 0 Å². The molecule has 4 aromatic rings. The average Bonchev–Trinajstić information content (AvgIpc) is 3.14. The van der Waals surface area contributed by atoms with E-state index in [2.05, 4.69) is 15.0 Å². The van der Waals surface area contributed by atoms with Gasteiger partial charge in [-0.25, -0.2) is 9.97 Å². The van der Waals surface area contributed by atoms with Gasteiger partial charge in [0.2, 0.25) is 0 Å². The summed E-state index contributed by atoms with van der Waals surface area (Å²) in [6, 6.07) is 13.5. The van der Waals surface area contributed by atoms with Crippen LogP contribution in [0, 0.1) is 0 Å². The number of hydrogen-bond acceptors (Lipinski definition) is 3. The smallest absolute Gasteiger partial charge is 0.197 e. The van der Waals surface area contributed by atoms with Crippen LogP contribution in [0.15, 0.2) is 60.0 Å². The Kier molecular flexibility index (Phi) is 2.82. The normalized spacial score (nSPS) is 13.0. The summed E-state index contributed by atoms with van der Waals surface area (Å²) in [7, 11) is -1.22. The molecule has 1 aromatic carbocycles. The molecule has 0 aliphatic heterocycles. The van der Waals surface area contributed by atoms with Gasteiger partial charge in [-0.1, -0.05) is 18.2 Å². The number of rotatable bonds is 3. The van der Waals surface area contributed by atoms with E-state index in [0.717, 1.165) is 22.4 Å². The number of aromatic amines is 1. The number of nitrogens with one attached hydrogen (secondary N) is 1. The zero-order valence-electron chi connectivity index (χ0n) is 11.1. The molecular weight excluding hydrogens is 284 g/mol. The number of para-hydroxylation sites is 2. The summed E-state index contributed by atoms with van der Waals surface area (Å²) in [4.78, 5) is 11.8. The molecule has 0 amide bonds. The number of nitrogens with zero attached hydrogens (tertiary/aromatic N) is 3. The van der Waals surface area contributed by atoms with Crippen LogP contribution < -0.4 is 0 Å². The number of aromatic nitrogens is 4. The highest BCUT2D eigenvalue weighted by Crippen LogP contribution is 2.16. The van der Waals surface area contributed by atoms with Gasteiger partial charge in [0.25, 0.3) is 0 Å². The summed E-state index contributed by atoms with van der Waals surface area (Å²) in [5, 5.41) is 0.508. The van der Waals surface area contributed by atoms with E-state index in [1.165, 1.54) is 0 Å². The third-order valence-corrected chi connectivity index (χ3v) is 4.56. The van der Waals surface area contributed by atoms with Crippen LogP contribution in [0.3, 0.4) is 0 Å². The van der Waals surface area contributed by atoms with Gasteiger partial charge >= 0.3 is 0 Å². The third-order valence-electron chi connectivity index (χ3n) is 3.37. The first-order chi connectivity index (χ1) is 10.3. The third kappa shape index (κ3) is 2.13. The number of H-pyrrole nitrogens is 1. The molecule has 0 aliphatic rings. The van der Waals surface area contributed by atoms with Gasteiger partial charge in [-0.05, 0) is 24.3 Å². The van der Waals surface area contributed by atoms with E-state index in [4.69, 9.17) is 0 Å². The molecule has 1 N–H and O–H groups in total. The molecule has 6 heteroatoms. The highest BCUT2D eigenvalue weighted by atomic mass is 32.2. The van der Waals surface area contributed by atoms with Crippen molar-refractivity contribution in [1.29, 1.82) is 0 Å². The summed E-state index contributed by atoms with van der Waals surface area (Å²) >= 11 is 0. The first-order valence-corrected chi connectivity index (χ1v) is 7.87. The molecule has 0 fully saturated rings. The number of fused-ring (bicyclic) bond motifs is 2. The van der Waals surface area contributed by atoms with Gasteiger partial charge < -0.3 is 9.38 Å². The fraction of sp³-hybridized carbons (Fsp3) is 0.0667. The lowest BCUT2D eigenvalue weighted by Crippen LogP contribution is -2.03. The Morgan fingerprint density at radius 2 is 2.05 bits per heavy atom. The molecule has 0 saturated carbocycles. The second-order valence-corrected chi connectivity index (χ2v) is 6.09. The zero-order valence-corrected chi connectivity index (χ0v) is 11.9. The number of pyridine rings is 1. The van der Waals surface area contributed by atoms with Crippen LogP contribution in [0.4, 0.5) is 0 Å². The van der Waals surface area contributed by atoms with Crippen molar-refractivity contribution in [2.75, 3.05) is 0 Å². The van der Waals surface area contributed by atoms with E-state index < -0.39 is 10.8 Å². The lowest BCUT2D eigenvalue weighted by molar-refractivity contribution is 0.676. The maximum atomic E-state index is 12.5. The van der Waals surface area contributed by atoms with Crippen molar-refractivity contribution in [2.45, 2.75) is 10.9 Å².